The van der Waals surface area contributed by atoms with E-state index < -0.39 is 5.41 Å². The van der Waals surface area contributed by atoms with Gasteiger partial charge in [-0.25, -0.2) is 0 Å². The molecule has 0 amide bonds. The molecule has 9 aromatic carbocycles. The number of para-hydroxylation sites is 2. The zero-order valence-corrected chi connectivity index (χ0v) is 30.1. The third-order valence-corrected chi connectivity index (χ3v) is 11.5. The van der Waals surface area contributed by atoms with Gasteiger partial charge in [0.1, 0.15) is 11.2 Å². The molecule has 0 saturated carbocycles. The summed E-state index contributed by atoms with van der Waals surface area (Å²) >= 11 is 0. The normalized spacial score (nSPS) is 12.9. The molecule has 55 heavy (non-hydrogen) atoms. The molecule has 258 valence electrons. The number of benzene rings is 9. The second-order valence-corrected chi connectivity index (χ2v) is 14.5. The van der Waals surface area contributed by atoms with E-state index in [2.05, 4.69) is 217 Å². The van der Waals surface area contributed by atoms with Crippen LogP contribution in [-0.4, -0.2) is 0 Å². The van der Waals surface area contributed by atoms with Crippen LogP contribution in [0, 0.1) is 0 Å². The van der Waals surface area contributed by atoms with Crippen molar-refractivity contribution in [2.45, 2.75) is 5.41 Å². The first-order valence-corrected chi connectivity index (χ1v) is 18.9. The number of furan rings is 1. The minimum atomic E-state index is -0.613. The van der Waals surface area contributed by atoms with Gasteiger partial charge in [-0.3, -0.25) is 0 Å². The summed E-state index contributed by atoms with van der Waals surface area (Å²) in [6.45, 7) is 0. The first-order valence-electron chi connectivity index (χ1n) is 18.9. The van der Waals surface area contributed by atoms with Crippen molar-refractivity contribution in [3.63, 3.8) is 0 Å². The number of nitrogens with zero attached hydrogens (tertiary/aromatic N) is 1. The summed E-state index contributed by atoms with van der Waals surface area (Å²) in [6.07, 6.45) is 0. The van der Waals surface area contributed by atoms with Gasteiger partial charge in [0.05, 0.1) is 5.41 Å². The van der Waals surface area contributed by atoms with Gasteiger partial charge in [0.15, 0.2) is 0 Å². The molecule has 2 nitrogen and oxygen atoms in total. The molecule has 1 aromatic heterocycles. The fourth-order valence-corrected chi connectivity index (χ4v) is 9.12. The summed E-state index contributed by atoms with van der Waals surface area (Å²) in [5.74, 6) is 0. The van der Waals surface area contributed by atoms with Crippen molar-refractivity contribution in [3.05, 3.63) is 235 Å². The predicted octanol–water partition coefficient (Wildman–Crippen LogP) is 14.2. The van der Waals surface area contributed by atoms with Crippen molar-refractivity contribution in [2.24, 2.45) is 0 Å². The molecule has 0 N–H and O–H groups in total. The van der Waals surface area contributed by atoms with Crippen LogP contribution in [0.1, 0.15) is 22.3 Å². The lowest BCUT2D eigenvalue weighted by atomic mass is 9.66. The van der Waals surface area contributed by atoms with E-state index in [4.69, 9.17) is 4.42 Å². The van der Waals surface area contributed by atoms with Gasteiger partial charge in [0.2, 0.25) is 0 Å². The second-order valence-electron chi connectivity index (χ2n) is 14.5. The molecule has 1 aliphatic carbocycles. The van der Waals surface area contributed by atoms with E-state index >= 15 is 0 Å². The molecule has 0 aliphatic heterocycles. The molecule has 0 atom stereocenters. The molecule has 11 rings (SSSR count). The molecule has 0 bridgehead atoms. The highest BCUT2D eigenvalue weighted by atomic mass is 16.3. The molecule has 10 aromatic rings. The summed E-state index contributed by atoms with van der Waals surface area (Å²) in [5, 5.41) is 4.80. The van der Waals surface area contributed by atoms with Crippen LogP contribution < -0.4 is 4.90 Å². The number of hydrogen-bond acceptors (Lipinski definition) is 2. The summed E-state index contributed by atoms with van der Waals surface area (Å²) < 4.78 is 6.57. The lowest BCUT2D eigenvalue weighted by Gasteiger charge is -2.35. The van der Waals surface area contributed by atoms with E-state index in [1.54, 1.807) is 0 Å². The van der Waals surface area contributed by atoms with E-state index in [9.17, 15) is 0 Å². The van der Waals surface area contributed by atoms with Gasteiger partial charge in [-0.1, -0.05) is 158 Å². The SMILES string of the molecule is c1ccc(N(c2ccc(-c3ccc4ccccc4c3)cc2)c2ccc3c(c2)C(c2ccccc2)(c2ccccc2)c2c-3ccc3oc4ccccc4c23)cc1. The third kappa shape index (κ3) is 4.82. The maximum Gasteiger partial charge on any atom is 0.135 e. The molecule has 1 heterocycles. The largest absolute Gasteiger partial charge is 0.456 e. The molecule has 0 fully saturated rings. The summed E-state index contributed by atoms with van der Waals surface area (Å²) in [6, 6.07) is 77.0. The molecule has 0 radical (unpaired) electrons. The molecule has 0 saturated heterocycles. The molecule has 2 heteroatoms. The van der Waals surface area contributed by atoms with Crippen LogP contribution in [0.15, 0.2) is 217 Å². The van der Waals surface area contributed by atoms with E-state index in [0.717, 1.165) is 33.6 Å². The maximum absolute atomic E-state index is 6.57. The van der Waals surface area contributed by atoms with E-state index in [0.29, 0.717) is 0 Å². The van der Waals surface area contributed by atoms with Crippen molar-refractivity contribution in [2.75, 3.05) is 4.90 Å². The van der Waals surface area contributed by atoms with Gasteiger partial charge in [0, 0.05) is 27.8 Å². The van der Waals surface area contributed by atoms with E-state index in [-0.39, 0.29) is 0 Å². The van der Waals surface area contributed by atoms with Crippen LogP contribution in [-0.2, 0) is 5.41 Å². The number of hydrogen-bond donors (Lipinski definition) is 0. The van der Waals surface area contributed by atoms with E-state index in [1.807, 2.05) is 0 Å². The minimum absolute atomic E-state index is 0.613. The Morgan fingerprint density at radius 2 is 0.964 bits per heavy atom. The Labute approximate surface area is 320 Å². The lowest BCUT2D eigenvalue weighted by molar-refractivity contribution is 0.668. The topological polar surface area (TPSA) is 16.4 Å². The Hall–Kier alpha value is -7.16. The van der Waals surface area contributed by atoms with Gasteiger partial charge < -0.3 is 9.32 Å². The highest BCUT2D eigenvalue weighted by molar-refractivity contribution is 6.12. The third-order valence-electron chi connectivity index (χ3n) is 11.5. The van der Waals surface area contributed by atoms with Crippen molar-refractivity contribution in [1.29, 1.82) is 0 Å². The molecular weight excluding hydrogens is 667 g/mol. The number of fused-ring (bicyclic) bond motifs is 8. The van der Waals surface area contributed by atoms with Crippen molar-refractivity contribution >= 4 is 49.8 Å². The van der Waals surface area contributed by atoms with Gasteiger partial charge >= 0.3 is 0 Å². The first kappa shape index (κ1) is 31.4. The van der Waals surface area contributed by atoms with Crippen LogP contribution in [0.25, 0.3) is 55.0 Å². The Kier molecular flexibility index (Phi) is 7.11. The zero-order chi connectivity index (χ0) is 36.3. The van der Waals surface area contributed by atoms with Crippen LogP contribution >= 0.6 is 0 Å². The molecule has 1 aliphatic rings. The predicted molar refractivity (Wildman–Crippen MR) is 229 cm³/mol. The zero-order valence-electron chi connectivity index (χ0n) is 30.1. The fraction of sp³-hybridized carbons (Fsp3) is 0.0189. The average molecular weight is 702 g/mol. The Morgan fingerprint density at radius 1 is 0.382 bits per heavy atom. The monoisotopic (exact) mass is 701 g/mol. The first-order chi connectivity index (χ1) is 27.3. The summed E-state index contributed by atoms with van der Waals surface area (Å²) in [7, 11) is 0. The lowest BCUT2D eigenvalue weighted by Crippen LogP contribution is -2.29. The average Bonchev–Trinajstić information content (AvgIpc) is 3.78. The van der Waals surface area contributed by atoms with Crippen LogP contribution in [0.5, 0.6) is 0 Å². The number of anilines is 3. The van der Waals surface area contributed by atoms with Crippen molar-refractivity contribution in [3.8, 4) is 22.3 Å². The van der Waals surface area contributed by atoms with Crippen LogP contribution in [0.4, 0.5) is 17.1 Å². The smallest absolute Gasteiger partial charge is 0.135 e. The van der Waals surface area contributed by atoms with Gasteiger partial charge in [-0.15, -0.1) is 0 Å². The Morgan fingerprint density at radius 3 is 1.71 bits per heavy atom. The van der Waals surface area contributed by atoms with E-state index in [1.165, 1.54) is 60.7 Å². The Balaban J connectivity index is 1.15. The quantitative estimate of drug-likeness (QED) is 0.172. The van der Waals surface area contributed by atoms with Crippen LogP contribution in [0.3, 0.4) is 0 Å². The van der Waals surface area contributed by atoms with Gasteiger partial charge in [-0.2, -0.15) is 0 Å². The summed E-state index contributed by atoms with van der Waals surface area (Å²) in [5.41, 5.74) is 14.3. The molecule has 0 spiro atoms. The second kappa shape index (κ2) is 12.5. The summed E-state index contributed by atoms with van der Waals surface area (Å²) in [4.78, 5) is 2.39. The van der Waals surface area contributed by atoms with Gasteiger partial charge in [-0.05, 0) is 110 Å². The number of rotatable bonds is 6. The van der Waals surface area contributed by atoms with Gasteiger partial charge in [0.25, 0.3) is 0 Å². The maximum atomic E-state index is 6.57. The highest BCUT2D eigenvalue weighted by Gasteiger charge is 2.48. The molecular formula is C53H35NO. The fourth-order valence-electron chi connectivity index (χ4n) is 9.12. The minimum Gasteiger partial charge on any atom is -0.456 e. The Bertz CT molecular complexity index is 2980. The molecule has 0 unspecified atom stereocenters. The van der Waals surface area contributed by atoms with Crippen molar-refractivity contribution < 1.29 is 4.42 Å². The highest BCUT2D eigenvalue weighted by Crippen LogP contribution is 2.60. The van der Waals surface area contributed by atoms with Crippen LogP contribution in [0.2, 0.25) is 0 Å². The van der Waals surface area contributed by atoms with Crippen molar-refractivity contribution in [1.82, 2.24) is 0 Å². The standard InChI is InChI=1S/C53H35NO/c1-4-16-40(17-5-1)53(41-18-6-2-7-19-41)48-35-44(30-31-45(48)46-32-33-50-51(52(46)53)47-22-12-13-23-49(47)55-50)54(42-20-8-3-9-21-42)43-28-26-37(27-29-43)39-25-24-36-14-10-11-15-38(36)34-39/h1-35H.